The summed E-state index contributed by atoms with van der Waals surface area (Å²) in [5, 5.41) is -0.599. The van der Waals surface area contributed by atoms with Crippen LogP contribution in [0, 0.1) is 0 Å². The molecule has 2 rings (SSSR count). The number of nitrogens with zero attached hydrogens (tertiary/aromatic N) is 3. The molecule has 0 N–H and O–H groups in total. The summed E-state index contributed by atoms with van der Waals surface area (Å²) < 4.78 is 39.7. The average Bonchev–Trinajstić information content (AvgIpc) is 2.60. The van der Waals surface area contributed by atoms with E-state index in [0.29, 0.717) is 0 Å². The second-order valence-electron chi connectivity index (χ2n) is 4.08. The highest BCUT2D eigenvalue weighted by Crippen LogP contribution is 2.24. The van der Waals surface area contributed by atoms with Gasteiger partial charge in [-0.25, -0.2) is 13.2 Å². The van der Waals surface area contributed by atoms with E-state index in [-0.39, 0.29) is 22.5 Å². The summed E-state index contributed by atoms with van der Waals surface area (Å²) in [5.74, 6) is -0.794. The van der Waals surface area contributed by atoms with Gasteiger partial charge in [0.2, 0.25) is 9.84 Å². The van der Waals surface area contributed by atoms with Gasteiger partial charge in [0.15, 0.2) is 0 Å². The van der Waals surface area contributed by atoms with Crippen molar-refractivity contribution < 1.29 is 27.4 Å². The van der Waals surface area contributed by atoms with Crippen molar-refractivity contribution in [1.82, 2.24) is 15.0 Å². The maximum absolute atomic E-state index is 12.7. The first-order chi connectivity index (χ1) is 10.9. The molecule has 0 aliphatic rings. The van der Waals surface area contributed by atoms with Gasteiger partial charge in [-0.2, -0.15) is 9.97 Å². The highest BCUT2D eigenvalue weighted by atomic mass is 32.2. The molecule has 0 atom stereocenters. The number of hydrogen-bond acceptors (Lipinski definition) is 9. The molecule has 122 valence electrons. The van der Waals surface area contributed by atoms with Crippen molar-refractivity contribution in [3.63, 3.8) is 0 Å². The minimum Gasteiger partial charge on any atom is -0.467 e. The summed E-state index contributed by atoms with van der Waals surface area (Å²) in [6, 6.07) is 5.10. The van der Waals surface area contributed by atoms with Gasteiger partial charge in [0, 0.05) is 0 Å². The van der Waals surface area contributed by atoms with Crippen molar-refractivity contribution in [2.45, 2.75) is 10.1 Å². The monoisotopic (exact) mass is 339 g/mol. The van der Waals surface area contributed by atoms with Gasteiger partial charge in [0.1, 0.15) is 0 Å². The average molecular weight is 339 g/mol. The Bertz CT molecular complexity index is 815. The predicted molar refractivity (Wildman–Crippen MR) is 76.2 cm³/mol. The fraction of sp³-hybridized carbons (Fsp3) is 0.231. The second-order valence-corrected chi connectivity index (χ2v) is 5.89. The van der Waals surface area contributed by atoms with Gasteiger partial charge in [0.25, 0.3) is 5.16 Å². The third-order valence-corrected chi connectivity index (χ3v) is 4.36. The van der Waals surface area contributed by atoms with Crippen LogP contribution >= 0.6 is 0 Å². The lowest BCUT2D eigenvalue weighted by Crippen LogP contribution is -2.14. The standard InChI is InChI=1S/C13H13N3O6S/c1-20-10(17)8-6-4-5-7-9(8)23(18,19)13-15-11(21-2)14-12(16-13)22-3/h4-7H,1-3H3. The van der Waals surface area contributed by atoms with Gasteiger partial charge in [-0.05, 0) is 12.1 Å². The van der Waals surface area contributed by atoms with E-state index in [0.717, 1.165) is 7.11 Å². The molecule has 0 saturated heterocycles. The molecule has 0 aliphatic heterocycles. The molecule has 1 aromatic carbocycles. The van der Waals surface area contributed by atoms with E-state index in [1.807, 2.05) is 0 Å². The number of hydrogen-bond donors (Lipinski definition) is 0. The minimum atomic E-state index is -4.21. The molecule has 0 saturated carbocycles. The van der Waals surface area contributed by atoms with Gasteiger partial charge in [0.05, 0.1) is 31.8 Å². The molecule has 1 aromatic heterocycles. The van der Waals surface area contributed by atoms with Crippen molar-refractivity contribution in [2.75, 3.05) is 21.3 Å². The van der Waals surface area contributed by atoms with Crippen molar-refractivity contribution in [2.24, 2.45) is 0 Å². The fourth-order valence-corrected chi connectivity index (χ4v) is 2.99. The normalized spacial score (nSPS) is 10.9. The Labute approximate surface area is 132 Å². The molecule has 1 heterocycles. The van der Waals surface area contributed by atoms with Crippen LogP contribution in [0.3, 0.4) is 0 Å². The number of aromatic nitrogens is 3. The number of sulfone groups is 1. The Balaban J connectivity index is 2.66. The van der Waals surface area contributed by atoms with E-state index < -0.39 is 21.0 Å². The van der Waals surface area contributed by atoms with Crippen LogP contribution in [0.4, 0.5) is 0 Å². The minimum absolute atomic E-state index is 0.131. The molecule has 23 heavy (non-hydrogen) atoms. The van der Waals surface area contributed by atoms with Gasteiger partial charge in [-0.3, -0.25) is 0 Å². The van der Waals surface area contributed by atoms with Gasteiger partial charge < -0.3 is 14.2 Å². The molecule has 0 amide bonds. The van der Waals surface area contributed by atoms with E-state index in [4.69, 9.17) is 9.47 Å². The number of carbonyl (C=O) groups is 1. The summed E-state index contributed by atoms with van der Waals surface area (Å²) in [6.07, 6.45) is 0. The number of benzene rings is 1. The van der Waals surface area contributed by atoms with E-state index in [1.54, 1.807) is 0 Å². The summed E-state index contributed by atoms with van der Waals surface area (Å²) in [7, 11) is -0.517. The van der Waals surface area contributed by atoms with E-state index >= 15 is 0 Å². The zero-order chi connectivity index (χ0) is 17.0. The van der Waals surface area contributed by atoms with Crippen LogP contribution in [0.25, 0.3) is 0 Å². The maximum atomic E-state index is 12.7. The van der Waals surface area contributed by atoms with E-state index in [1.165, 1.54) is 38.5 Å². The SMILES string of the molecule is COC(=O)c1ccccc1S(=O)(=O)c1nc(OC)nc(OC)n1. The zero-order valence-corrected chi connectivity index (χ0v) is 13.3. The van der Waals surface area contributed by atoms with E-state index in [2.05, 4.69) is 19.7 Å². The third kappa shape index (κ3) is 3.21. The first-order valence-corrected chi connectivity index (χ1v) is 7.68. The number of methoxy groups -OCH3 is 3. The number of esters is 1. The first kappa shape index (κ1) is 16.6. The molecular weight excluding hydrogens is 326 g/mol. The lowest BCUT2D eigenvalue weighted by molar-refractivity contribution is 0.0596. The fourth-order valence-electron chi connectivity index (χ4n) is 1.70. The van der Waals surface area contributed by atoms with E-state index in [9.17, 15) is 13.2 Å². The molecule has 0 spiro atoms. The van der Waals surface area contributed by atoms with Crippen LogP contribution in [-0.2, 0) is 14.6 Å². The third-order valence-electron chi connectivity index (χ3n) is 2.76. The molecule has 0 radical (unpaired) electrons. The summed E-state index contributed by atoms with van der Waals surface area (Å²) in [4.78, 5) is 22.6. The highest BCUT2D eigenvalue weighted by Gasteiger charge is 2.29. The number of rotatable bonds is 5. The zero-order valence-electron chi connectivity index (χ0n) is 12.5. The summed E-state index contributed by atoms with van der Waals surface area (Å²) in [6.45, 7) is 0. The molecule has 0 fully saturated rings. The topological polar surface area (TPSA) is 118 Å². The Morgan fingerprint density at radius 1 is 0.957 bits per heavy atom. The molecule has 9 nitrogen and oxygen atoms in total. The highest BCUT2D eigenvalue weighted by molar-refractivity contribution is 7.91. The van der Waals surface area contributed by atoms with Crippen molar-refractivity contribution >= 4 is 15.8 Å². The second kappa shape index (κ2) is 6.57. The molecular formula is C13H13N3O6S. The quantitative estimate of drug-likeness (QED) is 0.718. The molecule has 2 aromatic rings. The van der Waals surface area contributed by atoms with Crippen molar-refractivity contribution in [3.8, 4) is 12.0 Å². The van der Waals surface area contributed by atoms with Crippen LogP contribution in [0.5, 0.6) is 12.0 Å². The van der Waals surface area contributed by atoms with Crippen LogP contribution in [0.1, 0.15) is 10.4 Å². The first-order valence-electron chi connectivity index (χ1n) is 6.20. The van der Waals surface area contributed by atoms with Gasteiger partial charge in [-0.15, -0.1) is 4.98 Å². The number of ether oxygens (including phenoxy) is 3. The van der Waals surface area contributed by atoms with Crippen LogP contribution < -0.4 is 9.47 Å². The van der Waals surface area contributed by atoms with Crippen molar-refractivity contribution in [3.05, 3.63) is 29.8 Å². The number of carbonyl (C=O) groups excluding carboxylic acids is 1. The van der Waals surface area contributed by atoms with Crippen molar-refractivity contribution in [1.29, 1.82) is 0 Å². The summed E-state index contributed by atoms with van der Waals surface area (Å²) >= 11 is 0. The lowest BCUT2D eigenvalue weighted by Gasteiger charge is -2.09. The molecule has 0 bridgehead atoms. The van der Waals surface area contributed by atoms with Gasteiger partial charge >= 0.3 is 18.0 Å². The lowest BCUT2D eigenvalue weighted by atomic mass is 10.2. The smallest absolute Gasteiger partial charge is 0.339 e. The Hall–Kier alpha value is -2.75. The largest absolute Gasteiger partial charge is 0.467 e. The molecule has 0 aliphatic carbocycles. The molecule has 0 unspecified atom stereocenters. The van der Waals surface area contributed by atoms with Crippen LogP contribution in [-0.4, -0.2) is 50.7 Å². The molecule has 10 heteroatoms. The maximum Gasteiger partial charge on any atom is 0.339 e. The summed E-state index contributed by atoms with van der Waals surface area (Å²) in [5.41, 5.74) is -0.131. The van der Waals surface area contributed by atoms with Crippen LogP contribution in [0.15, 0.2) is 34.3 Å². The van der Waals surface area contributed by atoms with Gasteiger partial charge in [-0.1, -0.05) is 12.1 Å². The van der Waals surface area contributed by atoms with Crippen LogP contribution in [0.2, 0.25) is 0 Å². The Morgan fingerprint density at radius 2 is 1.52 bits per heavy atom. The predicted octanol–water partition coefficient (Wildman–Crippen LogP) is 0.508. The Kier molecular flexibility index (Phi) is 4.74. The Morgan fingerprint density at radius 3 is 2.04 bits per heavy atom.